The van der Waals surface area contributed by atoms with E-state index in [0.29, 0.717) is 29.4 Å². The third kappa shape index (κ3) is 5.69. The molecule has 1 N–H and O–H groups in total. The van der Waals surface area contributed by atoms with Crippen LogP contribution in [0.1, 0.15) is 31.7 Å². The third-order valence-corrected chi connectivity index (χ3v) is 4.62. The maximum Gasteiger partial charge on any atom is 0.220 e. The van der Waals surface area contributed by atoms with E-state index < -0.39 is 0 Å². The highest BCUT2D eigenvalue weighted by molar-refractivity contribution is 9.10. The van der Waals surface area contributed by atoms with Gasteiger partial charge >= 0.3 is 0 Å². The van der Waals surface area contributed by atoms with Gasteiger partial charge in [-0.3, -0.25) is 4.79 Å². The van der Waals surface area contributed by atoms with E-state index in [1.54, 1.807) is 12.1 Å². The zero-order chi connectivity index (χ0) is 15.9. The van der Waals surface area contributed by atoms with Crippen LogP contribution < -0.4 is 5.32 Å². The molecular weight excluding hydrogens is 347 g/mol. The maximum absolute atomic E-state index is 13.7. The van der Waals surface area contributed by atoms with Gasteiger partial charge in [0.1, 0.15) is 5.82 Å². The van der Waals surface area contributed by atoms with E-state index in [1.807, 2.05) is 0 Å². The first-order valence-corrected chi connectivity index (χ1v) is 8.77. The second-order valence-corrected chi connectivity index (χ2v) is 7.05. The molecule has 5 heteroatoms. The van der Waals surface area contributed by atoms with E-state index in [-0.39, 0.29) is 11.7 Å². The number of benzene rings is 1. The third-order valence-electron chi connectivity index (χ3n) is 4.13. The van der Waals surface area contributed by atoms with Crippen LogP contribution in [0.15, 0.2) is 22.7 Å². The molecule has 0 bridgehead atoms. The number of halogens is 2. The molecule has 0 spiro atoms. The summed E-state index contributed by atoms with van der Waals surface area (Å²) in [6, 6.07) is 4.96. The van der Waals surface area contributed by atoms with Crippen LogP contribution in [0.3, 0.4) is 0 Å². The first-order valence-electron chi connectivity index (χ1n) is 7.97. The second kappa shape index (κ2) is 8.63. The highest BCUT2D eigenvalue weighted by Crippen LogP contribution is 2.16. The topological polar surface area (TPSA) is 32.3 Å². The predicted molar refractivity (Wildman–Crippen MR) is 90.3 cm³/mol. The molecule has 1 saturated heterocycles. The largest absolute Gasteiger partial charge is 0.355 e. The van der Waals surface area contributed by atoms with Gasteiger partial charge in [0.15, 0.2) is 0 Å². The Morgan fingerprint density at radius 1 is 1.50 bits per heavy atom. The zero-order valence-electron chi connectivity index (χ0n) is 13.1. The molecule has 1 fully saturated rings. The molecule has 0 aromatic heterocycles. The Balaban J connectivity index is 1.65. The van der Waals surface area contributed by atoms with Gasteiger partial charge in [-0.1, -0.05) is 28.9 Å². The summed E-state index contributed by atoms with van der Waals surface area (Å²) in [6.07, 6.45) is 3.32. The van der Waals surface area contributed by atoms with E-state index >= 15 is 0 Å². The first-order chi connectivity index (χ1) is 10.5. The number of aryl methyl sites for hydroxylation is 1. The second-order valence-electron chi connectivity index (χ2n) is 6.13. The predicted octanol–water partition coefficient (Wildman–Crippen LogP) is 3.37. The fourth-order valence-corrected chi connectivity index (χ4v) is 3.24. The van der Waals surface area contributed by atoms with E-state index in [4.69, 9.17) is 0 Å². The van der Waals surface area contributed by atoms with Crippen molar-refractivity contribution < 1.29 is 9.18 Å². The molecule has 22 heavy (non-hydrogen) atoms. The summed E-state index contributed by atoms with van der Waals surface area (Å²) in [5.41, 5.74) is 0.586. The van der Waals surface area contributed by atoms with Gasteiger partial charge in [-0.25, -0.2) is 4.39 Å². The average molecular weight is 371 g/mol. The Kier molecular flexibility index (Phi) is 6.83. The van der Waals surface area contributed by atoms with Gasteiger partial charge < -0.3 is 10.2 Å². The molecule has 1 amide bonds. The number of nitrogens with zero attached hydrogens (tertiary/aromatic N) is 1. The van der Waals surface area contributed by atoms with Crippen molar-refractivity contribution in [3.05, 3.63) is 34.1 Å². The number of nitrogens with one attached hydrogen (secondary N) is 1. The Bertz CT molecular complexity index is 509. The van der Waals surface area contributed by atoms with Gasteiger partial charge in [0.25, 0.3) is 0 Å². The molecule has 1 aliphatic heterocycles. The smallest absolute Gasteiger partial charge is 0.220 e. The molecule has 0 radical (unpaired) electrons. The fourth-order valence-electron chi connectivity index (χ4n) is 2.90. The van der Waals surface area contributed by atoms with Crippen molar-refractivity contribution in [3.63, 3.8) is 0 Å². The van der Waals surface area contributed by atoms with Crippen LogP contribution >= 0.6 is 15.9 Å². The minimum absolute atomic E-state index is 0.00706. The lowest BCUT2D eigenvalue weighted by atomic mass is 10.0. The maximum atomic E-state index is 13.7. The van der Waals surface area contributed by atoms with Crippen LogP contribution in [0.25, 0.3) is 0 Å². The Morgan fingerprint density at radius 3 is 3.05 bits per heavy atom. The van der Waals surface area contributed by atoms with Crippen molar-refractivity contribution in [2.45, 2.75) is 32.6 Å². The van der Waals surface area contributed by atoms with Crippen molar-refractivity contribution >= 4 is 21.8 Å². The molecule has 1 aliphatic rings. The van der Waals surface area contributed by atoms with Crippen LogP contribution in [-0.4, -0.2) is 37.0 Å². The molecule has 1 aromatic rings. The molecule has 0 aliphatic carbocycles. The summed E-state index contributed by atoms with van der Waals surface area (Å²) < 4.78 is 14.4. The van der Waals surface area contributed by atoms with Gasteiger partial charge in [0, 0.05) is 30.5 Å². The van der Waals surface area contributed by atoms with Crippen LogP contribution in [0.4, 0.5) is 4.39 Å². The van der Waals surface area contributed by atoms with Crippen LogP contribution in [0, 0.1) is 11.7 Å². The summed E-state index contributed by atoms with van der Waals surface area (Å²) in [7, 11) is 0. The Morgan fingerprint density at radius 2 is 2.32 bits per heavy atom. The van der Waals surface area contributed by atoms with Gasteiger partial charge in [-0.05, 0) is 49.4 Å². The molecule has 2 rings (SSSR count). The van der Waals surface area contributed by atoms with Crippen molar-refractivity contribution in [3.8, 4) is 0 Å². The molecule has 1 atom stereocenters. The van der Waals surface area contributed by atoms with E-state index in [0.717, 1.165) is 25.6 Å². The lowest BCUT2D eigenvalue weighted by Crippen LogP contribution is -2.40. The average Bonchev–Trinajstić information content (AvgIpc) is 2.46. The molecule has 122 valence electrons. The molecule has 1 heterocycles. The number of likely N-dealkylation sites (tertiary alicyclic amines) is 1. The van der Waals surface area contributed by atoms with Crippen LogP contribution in [-0.2, 0) is 11.2 Å². The number of rotatable bonds is 6. The Hall–Kier alpha value is -0.940. The van der Waals surface area contributed by atoms with E-state index in [9.17, 15) is 9.18 Å². The lowest BCUT2D eigenvalue weighted by Gasteiger charge is -2.30. The first kappa shape index (κ1) is 17.4. The number of carbonyl (C=O) groups excluding carboxylic acids is 1. The minimum atomic E-state index is -0.260. The van der Waals surface area contributed by atoms with Crippen molar-refractivity contribution in [1.29, 1.82) is 0 Å². The van der Waals surface area contributed by atoms with Crippen molar-refractivity contribution in [2.24, 2.45) is 5.92 Å². The van der Waals surface area contributed by atoms with Crippen LogP contribution in [0.5, 0.6) is 0 Å². The molecule has 3 nitrogen and oxygen atoms in total. The number of hydrogen-bond acceptors (Lipinski definition) is 2. The number of amides is 1. The lowest BCUT2D eigenvalue weighted by molar-refractivity contribution is -0.121. The van der Waals surface area contributed by atoms with E-state index in [1.165, 1.54) is 18.9 Å². The molecule has 1 aromatic carbocycles. The van der Waals surface area contributed by atoms with Crippen molar-refractivity contribution in [1.82, 2.24) is 10.2 Å². The highest BCUT2D eigenvalue weighted by Gasteiger charge is 2.15. The summed E-state index contributed by atoms with van der Waals surface area (Å²) in [5.74, 6) is 0.488. The summed E-state index contributed by atoms with van der Waals surface area (Å²) in [4.78, 5) is 14.2. The zero-order valence-corrected chi connectivity index (χ0v) is 14.7. The summed E-state index contributed by atoms with van der Waals surface area (Å²) in [6.45, 7) is 6.11. The number of hydrogen-bond donors (Lipinski definition) is 1. The van der Waals surface area contributed by atoms with Crippen molar-refractivity contribution in [2.75, 3.05) is 26.2 Å². The number of piperidine rings is 1. The fraction of sp³-hybridized carbons (Fsp3) is 0.588. The van der Waals surface area contributed by atoms with Gasteiger partial charge in [-0.15, -0.1) is 0 Å². The molecular formula is C17H24BrFN2O. The number of carbonyl (C=O) groups is 1. The minimum Gasteiger partial charge on any atom is -0.355 e. The van der Waals surface area contributed by atoms with Gasteiger partial charge in [-0.2, -0.15) is 0 Å². The Labute approximate surface area is 140 Å². The quantitative estimate of drug-likeness (QED) is 0.832. The summed E-state index contributed by atoms with van der Waals surface area (Å²) in [5, 5.41) is 2.93. The SMILES string of the molecule is CC1CCCN(CCNC(=O)CCc2ccc(Br)cc2F)C1. The molecule has 1 unspecified atom stereocenters. The van der Waals surface area contributed by atoms with E-state index in [2.05, 4.69) is 33.1 Å². The molecule has 0 saturated carbocycles. The monoisotopic (exact) mass is 370 g/mol. The standard InChI is InChI=1S/C17H24BrFN2O/c1-13-3-2-9-21(12-13)10-8-20-17(22)7-5-14-4-6-15(18)11-16(14)19/h4,6,11,13H,2-3,5,7-10,12H2,1H3,(H,20,22). The normalized spacial score (nSPS) is 19.1. The highest BCUT2D eigenvalue weighted by atomic mass is 79.9. The van der Waals surface area contributed by atoms with Gasteiger partial charge in [0.2, 0.25) is 5.91 Å². The van der Waals surface area contributed by atoms with Gasteiger partial charge in [0.05, 0.1) is 0 Å². The summed E-state index contributed by atoms with van der Waals surface area (Å²) >= 11 is 3.23. The van der Waals surface area contributed by atoms with Crippen LogP contribution in [0.2, 0.25) is 0 Å².